The van der Waals surface area contributed by atoms with Gasteiger partial charge in [0.05, 0.1) is 6.61 Å². The molecule has 1 rings (SSSR count). The first-order valence-corrected chi connectivity index (χ1v) is 6.16. The monoisotopic (exact) mass is 274 g/mol. The van der Waals surface area contributed by atoms with Crippen LogP contribution in [0.4, 0.5) is 4.39 Å². The van der Waals surface area contributed by atoms with Crippen LogP contribution in [0.1, 0.15) is 36.8 Å². The van der Waals surface area contributed by atoms with Crippen molar-refractivity contribution in [3.05, 3.63) is 29.8 Å². The largest absolute Gasteiger partial charge is 0.494 e. The van der Waals surface area contributed by atoms with Gasteiger partial charge in [0, 0.05) is 0 Å². The van der Waals surface area contributed by atoms with E-state index in [1.165, 1.54) is 12.8 Å². The van der Waals surface area contributed by atoms with E-state index >= 15 is 0 Å². The molecule has 0 fully saturated rings. The minimum atomic E-state index is -1.09. The molecule has 1 aromatic carbocycles. The van der Waals surface area contributed by atoms with Crippen molar-refractivity contribution in [2.24, 2.45) is 0 Å². The van der Waals surface area contributed by atoms with E-state index in [4.69, 9.17) is 4.74 Å². The molecule has 1 unspecified atom stereocenters. The maximum Gasteiger partial charge on any atom is 0.180 e. The van der Waals surface area contributed by atoms with Crippen molar-refractivity contribution in [2.45, 2.75) is 31.3 Å². The molecule has 0 aromatic heterocycles. The summed E-state index contributed by atoms with van der Waals surface area (Å²) in [5.74, 6) is 0.808. The van der Waals surface area contributed by atoms with Crippen molar-refractivity contribution in [1.29, 1.82) is 0 Å². The normalized spacial score (nSPS) is 12.5. The third kappa shape index (κ3) is 4.65. The van der Waals surface area contributed by atoms with Crippen LogP contribution in [0.25, 0.3) is 0 Å². The number of alkyl halides is 2. The standard InChI is InChI=1S/C12H16BrFO/c1-2-3-4-9-15-11-7-5-10(6-8-11)12(13)14/h5-8,12H,2-4,9H2,1H3. The quantitative estimate of drug-likeness (QED) is 0.543. The van der Waals surface area contributed by atoms with Gasteiger partial charge in [0.2, 0.25) is 0 Å². The van der Waals surface area contributed by atoms with Crippen LogP contribution in [0.3, 0.4) is 0 Å². The molecule has 0 radical (unpaired) electrons. The molecule has 1 atom stereocenters. The van der Waals surface area contributed by atoms with Gasteiger partial charge in [-0.1, -0.05) is 31.9 Å². The van der Waals surface area contributed by atoms with E-state index in [1.54, 1.807) is 24.3 Å². The molecule has 3 heteroatoms. The van der Waals surface area contributed by atoms with Crippen LogP contribution in [-0.2, 0) is 0 Å². The molecular formula is C12H16BrFO. The summed E-state index contributed by atoms with van der Waals surface area (Å²) in [6.07, 6.45) is 3.45. The molecular weight excluding hydrogens is 259 g/mol. The Morgan fingerprint density at radius 1 is 1.27 bits per heavy atom. The number of ether oxygens (including phenoxy) is 1. The maximum atomic E-state index is 12.8. The summed E-state index contributed by atoms with van der Waals surface area (Å²) in [5.41, 5.74) is 0.621. The topological polar surface area (TPSA) is 9.23 Å². The number of hydrogen-bond acceptors (Lipinski definition) is 1. The highest BCUT2D eigenvalue weighted by Crippen LogP contribution is 2.25. The van der Waals surface area contributed by atoms with Gasteiger partial charge in [0.15, 0.2) is 5.08 Å². The Hall–Kier alpha value is -0.570. The van der Waals surface area contributed by atoms with E-state index in [2.05, 4.69) is 22.9 Å². The fourth-order valence-electron chi connectivity index (χ4n) is 1.25. The molecule has 84 valence electrons. The molecule has 15 heavy (non-hydrogen) atoms. The van der Waals surface area contributed by atoms with E-state index in [9.17, 15) is 4.39 Å². The predicted octanol–water partition coefficient (Wildman–Crippen LogP) is 4.62. The fraction of sp³-hybridized carbons (Fsp3) is 0.500. The lowest BCUT2D eigenvalue weighted by atomic mass is 10.2. The molecule has 0 saturated carbocycles. The lowest BCUT2D eigenvalue weighted by molar-refractivity contribution is 0.306. The van der Waals surface area contributed by atoms with E-state index in [0.717, 1.165) is 18.8 Å². The van der Waals surface area contributed by atoms with Crippen molar-refractivity contribution in [2.75, 3.05) is 6.61 Å². The highest BCUT2D eigenvalue weighted by atomic mass is 79.9. The Balaban J connectivity index is 2.36. The van der Waals surface area contributed by atoms with E-state index in [-0.39, 0.29) is 0 Å². The highest BCUT2D eigenvalue weighted by Gasteiger charge is 2.03. The molecule has 0 bridgehead atoms. The molecule has 1 nitrogen and oxygen atoms in total. The molecule has 0 spiro atoms. The first-order chi connectivity index (χ1) is 7.24. The number of halogens is 2. The SMILES string of the molecule is CCCCCOc1ccc(C(F)Br)cc1. The van der Waals surface area contributed by atoms with Crippen LogP contribution < -0.4 is 4.74 Å². The van der Waals surface area contributed by atoms with Crippen molar-refractivity contribution in [3.63, 3.8) is 0 Å². The Kier molecular flexibility index (Phi) is 5.69. The molecule has 0 saturated heterocycles. The minimum absolute atomic E-state index is 0.621. The van der Waals surface area contributed by atoms with Gasteiger partial charge < -0.3 is 4.74 Å². The highest BCUT2D eigenvalue weighted by molar-refractivity contribution is 9.09. The van der Waals surface area contributed by atoms with Crippen molar-refractivity contribution in [1.82, 2.24) is 0 Å². The average Bonchev–Trinajstić information content (AvgIpc) is 2.25. The number of hydrogen-bond donors (Lipinski definition) is 0. The number of rotatable bonds is 6. The van der Waals surface area contributed by atoms with Gasteiger partial charge in [0.1, 0.15) is 5.75 Å². The smallest absolute Gasteiger partial charge is 0.180 e. The number of unbranched alkanes of at least 4 members (excludes halogenated alkanes) is 2. The van der Waals surface area contributed by atoms with E-state index < -0.39 is 5.08 Å². The molecule has 0 aliphatic heterocycles. The molecule has 0 amide bonds. The predicted molar refractivity (Wildman–Crippen MR) is 64.2 cm³/mol. The zero-order valence-electron chi connectivity index (χ0n) is 8.88. The van der Waals surface area contributed by atoms with Crippen molar-refractivity contribution >= 4 is 15.9 Å². The van der Waals surface area contributed by atoms with Crippen LogP contribution in [0.5, 0.6) is 5.75 Å². The first-order valence-electron chi connectivity index (χ1n) is 5.25. The minimum Gasteiger partial charge on any atom is -0.494 e. The molecule has 0 heterocycles. The average molecular weight is 275 g/mol. The molecule has 0 aliphatic rings. The summed E-state index contributed by atoms with van der Waals surface area (Å²) >= 11 is 2.87. The Labute approximate surface area is 98.8 Å². The van der Waals surface area contributed by atoms with E-state index in [1.807, 2.05) is 0 Å². The molecule has 1 aromatic rings. The summed E-state index contributed by atoms with van der Waals surface area (Å²) in [6.45, 7) is 2.90. The lowest BCUT2D eigenvalue weighted by Gasteiger charge is -2.06. The van der Waals surface area contributed by atoms with Gasteiger partial charge in [0.25, 0.3) is 0 Å². The van der Waals surface area contributed by atoms with Crippen LogP contribution in [0, 0.1) is 0 Å². The van der Waals surface area contributed by atoms with Gasteiger partial charge in [-0.05, 0) is 40.0 Å². The molecule has 0 aliphatic carbocycles. The van der Waals surface area contributed by atoms with Crippen LogP contribution in [-0.4, -0.2) is 6.61 Å². The third-order valence-corrected chi connectivity index (χ3v) is 2.68. The lowest BCUT2D eigenvalue weighted by Crippen LogP contribution is -1.96. The molecule has 0 N–H and O–H groups in total. The van der Waals surface area contributed by atoms with E-state index in [0.29, 0.717) is 5.56 Å². The summed E-state index contributed by atoms with van der Waals surface area (Å²) in [7, 11) is 0. The third-order valence-electron chi connectivity index (χ3n) is 2.15. The second-order valence-electron chi connectivity index (χ2n) is 3.43. The second kappa shape index (κ2) is 6.83. The van der Waals surface area contributed by atoms with Crippen molar-refractivity contribution < 1.29 is 9.13 Å². The van der Waals surface area contributed by atoms with Crippen LogP contribution >= 0.6 is 15.9 Å². The Morgan fingerprint density at radius 3 is 2.47 bits per heavy atom. The second-order valence-corrected chi connectivity index (χ2v) is 4.23. The first kappa shape index (κ1) is 12.5. The Bertz CT molecular complexity index is 271. The maximum absolute atomic E-state index is 12.8. The van der Waals surface area contributed by atoms with Gasteiger partial charge in [-0.25, -0.2) is 4.39 Å². The zero-order valence-corrected chi connectivity index (χ0v) is 10.5. The summed E-state index contributed by atoms with van der Waals surface area (Å²) in [6, 6.07) is 7.06. The van der Waals surface area contributed by atoms with Gasteiger partial charge in [-0.2, -0.15) is 0 Å². The van der Waals surface area contributed by atoms with Crippen LogP contribution in [0.2, 0.25) is 0 Å². The van der Waals surface area contributed by atoms with Gasteiger partial charge in [-0.15, -0.1) is 0 Å². The zero-order chi connectivity index (χ0) is 11.1. The van der Waals surface area contributed by atoms with Gasteiger partial charge in [-0.3, -0.25) is 0 Å². The van der Waals surface area contributed by atoms with Crippen molar-refractivity contribution in [3.8, 4) is 5.75 Å². The summed E-state index contributed by atoms with van der Waals surface area (Å²) in [4.78, 5) is 0. The van der Waals surface area contributed by atoms with Gasteiger partial charge >= 0.3 is 0 Å². The Morgan fingerprint density at radius 2 is 1.93 bits per heavy atom. The summed E-state index contributed by atoms with van der Waals surface area (Å²) < 4.78 is 18.3. The van der Waals surface area contributed by atoms with Crippen LogP contribution in [0.15, 0.2) is 24.3 Å². The summed E-state index contributed by atoms with van der Waals surface area (Å²) in [5, 5.41) is -1.09. The fourth-order valence-corrected chi connectivity index (χ4v) is 1.56. The number of benzene rings is 1.